The predicted molar refractivity (Wildman–Crippen MR) is 71.7 cm³/mol. The Morgan fingerprint density at radius 2 is 2.05 bits per heavy atom. The number of aryl methyl sites for hydroxylation is 1. The molecule has 0 saturated heterocycles. The van der Waals surface area contributed by atoms with Crippen LogP contribution in [0.25, 0.3) is 0 Å². The number of rotatable bonds is 4. The molecule has 0 spiro atoms. The summed E-state index contributed by atoms with van der Waals surface area (Å²) in [5.74, 6) is -0.392. The lowest BCUT2D eigenvalue weighted by Gasteiger charge is -2.25. The molecule has 1 saturated carbocycles. The largest absolute Gasteiger partial charge is 0.370 e. The Morgan fingerprint density at radius 3 is 2.68 bits per heavy atom. The summed E-state index contributed by atoms with van der Waals surface area (Å²) in [6, 6.07) is 4.67. The van der Waals surface area contributed by atoms with Gasteiger partial charge in [0.25, 0.3) is 0 Å². The van der Waals surface area contributed by atoms with Gasteiger partial charge in [0.15, 0.2) is 5.78 Å². The van der Waals surface area contributed by atoms with Crippen molar-refractivity contribution in [3.05, 3.63) is 35.1 Å². The van der Waals surface area contributed by atoms with E-state index in [-0.39, 0.29) is 30.4 Å². The van der Waals surface area contributed by atoms with Crippen molar-refractivity contribution in [2.24, 2.45) is 5.73 Å². The molecule has 3 nitrogen and oxygen atoms in total. The third-order valence-corrected chi connectivity index (χ3v) is 3.65. The summed E-state index contributed by atoms with van der Waals surface area (Å²) in [4.78, 5) is 11.9. The van der Waals surface area contributed by atoms with Crippen LogP contribution in [0.4, 0.5) is 4.39 Å². The number of carbonyl (C=O) groups is 1. The molecule has 1 aliphatic rings. The Bertz CT molecular complexity index is 453. The molecule has 0 heterocycles. The van der Waals surface area contributed by atoms with Crippen molar-refractivity contribution in [1.82, 2.24) is 0 Å². The number of hydrogen-bond acceptors (Lipinski definition) is 3. The normalized spacial score (nSPS) is 23.3. The van der Waals surface area contributed by atoms with Gasteiger partial charge in [-0.1, -0.05) is 0 Å². The molecule has 1 fully saturated rings. The van der Waals surface area contributed by atoms with Crippen molar-refractivity contribution in [1.29, 1.82) is 0 Å². The molecule has 1 aromatic rings. The zero-order chi connectivity index (χ0) is 13.8. The second-order valence-electron chi connectivity index (χ2n) is 5.23. The number of benzene rings is 1. The lowest BCUT2D eigenvalue weighted by Crippen LogP contribution is -2.31. The first-order valence-corrected chi connectivity index (χ1v) is 6.73. The molecule has 0 unspecified atom stereocenters. The fourth-order valence-corrected chi connectivity index (χ4v) is 2.35. The standard InChI is InChI=1S/C15H20FNO2/c1-10-8-11(2-7-14(10)16)15(18)9-19-13-5-3-12(17)4-6-13/h2,7-8,12-13H,3-6,9,17H2,1H3. The summed E-state index contributed by atoms with van der Waals surface area (Å²) in [7, 11) is 0. The zero-order valence-electron chi connectivity index (χ0n) is 11.2. The predicted octanol–water partition coefficient (Wildman–Crippen LogP) is 2.60. The van der Waals surface area contributed by atoms with Gasteiger partial charge in [0.1, 0.15) is 12.4 Å². The van der Waals surface area contributed by atoms with Gasteiger partial charge < -0.3 is 10.5 Å². The highest BCUT2D eigenvalue weighted by molar-refractivity contribution is 5.97. The van der Waals surface area contributed by atoms with E-state index in [9.17, 15) is 9.18 Å². The van der Waals surface area contributed by atoms with Crippen LogP contribution in [0.3, 0.4) is 0 Å². The van der Waals surface area contributed by atoms with Gasteiger partial charge in [-0.05, 0) is 56.4 Å². The van der Waals surface area contributed by atoms with Gasteiger partial charge in [-0.15, -0.1) is 0 Å². The van der Waals surface area contributed by atoms with Crippen LogP contribution in [0.15, 0.2) is 18.2 Å². The second kappa shape index (κ2) is 6.26. The Hall–Kier alpha value is -1.26. The Kier molecular flexibility index (Phi) is 4.66. The molecular formula is C15H20FNO2. The third kappa shape index (κ3) is 3.85. The number of ketones is 1. The summed E-state index contributed by atoms with van der Waals surface area (Å²) >= 11 is 0. The molecule has 2 N–H and O–H groups in total. The molecule has 0 aromatic heterocycles. The highest BCUT2D eigenvalue weighted by atomic mass is 19.1. The zero-order valence-corrected chi connectivity index (χ0v) is 11.2. The van der Waals surface area contributed by atoms with E-state index >= 15 is 0 Å². The third-order valence-electron chi connectivity index (χ3n) is 3.65. The molecule has 0 amide bonds. The maximum atomic E-state index is 13.1. The highest BCUT2D eigenvalue weighted by Crippen LogP contribution is 2.20. The first-order chi connectivity index (χ1) is 9.06. The van der Waals surface area contributed by atoms with Gasteiger partial charge in [-0.2, -0.15) is 0 Å². The van der Waals surface area contributed by atoms with Crippen LogP contribution >= 0.6 is 0 Å². The molecule has 104 valence electrons. The number of ether oxygens (including phenoxy) is 1. The molecule has 1 aromatic carbocycles. The fraction of sp³-hybridized carbons (Fsp3) is 0.533. The first-order valence-electron chi connectivity index (χ1n) is 6.73. The molecule has 19 heavy (non-hydrogen) atoms. The van der Waals surface area contributed by atoms with Crippen molar-refractivity contribution in [3.8, 4) is 0 Å². The maximum absolute atomic E-state index is 13.1. The van der Waals surface area contributed by atoms with E-state index in [2.05, 4.69) is 0 Å². The van der Waals surface area contributed by atoms with Crippen LogP contribution in [-0.4, -0.2) is 24.5 Å². The van der Waals surface area contributed by atoms with Crippen molar-refractivity contribution in [2.45, 2.75) is 44.8 Å². The molecule has 0 radical (unpaired) electrons. The van der Waals surface area contributed by atoms with E-state index < -0.39 is 0 Å². The molecule has 2 rings (SSSR count). The fourth-order valence-electron chi connectivity index (χ4n) is 2.35. The lowest BCUT2D eigenvalue weighted by molar-refractivity contribution is 0.0259. The minimum Gasteiger partial charge on any atom is -0.370 e. The molecule has 0 atom stereocenters. The lowest BCUT2D eigenvalue weighted by atomic mass is 9.94. The van der Waals surface area contributed by atoms with Gasteiger partial charge in [-0.25, -0.2) is 4.39 Å². The van der Waals surface area contributed by atoms with Crippen LogP contribution in [0.1, 0.15) is 41.6 Å². The van der Waals surface area contributed by atoms with E-state index in [0.29, 0.717) is 11.1 Å². The van der Waals surface area contributed by atoms with Gasteiger partial charge in [0.05, 0.1) is 6.10 Å². The van der Waals surface area contributed by atoms with E-state index in [0.717, 1.165) is 25.7 Å². The topological polar surface area (TPSA) is 52.3 Å². The van der Waals surface area contributed by atoms with E-state index in [1.807, 2.05) is 0 Å². The van der Waals surface area contributed by atoms with Crippen molar-refractivity contribution >= 4 is 5.78 Å². The van der Waals surface area contributed by atoms with Crippen LogP contribution in [0.2, 0.25) is 0 Å². The first kappa shape index (κ1) is 14.2. The molecule has 1 aliphatic carbocycles. The number of halogens is 1. The summed E-state index contributed by atoms with van der Waals surface area (Å²) in [5, 5.41) is 0. The molecule has 4 heteroatoms. The average molecular weight is 265 g/mol. The van der Waals surface area contributed by atoms with E-state index in [1.54, 1.807) is 13.0 Å². The summed E-state index contributed by atoms with van der Waals surface area (Å²) in [5.41, 5.74) is 6.80. The summed E-state index contributed by atoms with van der Waals surface area (Å²) < 4.78 is 18.7. The Balaban J connectivity index is 1.85. The van der Waals surface area contributed by atoms with Crippen LogP contribution < -0.4 is 5.73 Å². The average Bonchev–Trinajstić information content (AvgIpc) is 2.41. The number of Topliss-reactive ketones (excluding diaryl/α,β-unsaturated/α-hetero) is 1. The summed E-state index contributed by atoms with van der Waals surface area (Å²) in [6.07, 6.45) is 3.86. The molecule has 0 aliphatic heterocycles. The summed E-state index contributed by atoms with van der Waals surface area (Å²) in [6.45, 7) is 1.71. The Labute approximate surface area is 112 Å². The van der Waals surface area contributed by atoms with Crippen molar-refractivity contribution < 1.29 is 13.9 Å². The minimum absolute atomic E-state index is 0.0605. The minimum atomic E-state index is -0.293. The van der Waals surface area contributed by atoms with E-state index in [1.165, 1.54) is 12.1 Å². The number of hydrogen-bond donors (Lipinski definition) is 1. The van der Waals surface area contributed by atoms with Crippen molar-refractivity contribution in [3.63, 3.8) is 0 Å². The Morgan fingerprint density at radius 1 is 1.37 bits per heavy atom. The van der Waals surface area contributed by atoms with Crippen molar-refractivity contribution in [2.75, 3.05) is 6.61 Å². The van der Waals surface area contributed by atoms with Gasteiger partial charge >= 0.3 is 0 Å². The van der Waals surface area contributed by atoms with Gasteiger partial charge in [0, 0.05) is 11.6 Å². The SMILES string of the molecule is Cc1cc(C(=O)COC2CCC(N)CC2)ccc1F. The smallest absolute Gasteiger partial charge is 0.188 e. The quantitative estimate of drug-likeness (QED) is 0.851. The van der Waals surface area contributed by atoms with E-state index in [4.69, 9.17) is 10.5 Å². The van der Waals surface area contributed by atoms with Gasteiger partial charge in [0.2, 0.25) is 0 Å². The highest BCUT2D eigenvalue weighted by Gasteiger charge is 2.20. The second-order valence-corrected chi connectivity index (χ2v) is 5.23. The molecule has 0 bridgehead atoms. The maximum Gasteiger partial charge on any atom is 0.188 e. The number of nitrogens with two attached hydrogens (primary N) is 1. The van der Waals surface area contributed by atoms with Crippen LogP contribution in [0, 0.1) is 12.7 Å². The van der Waals surface area contributed by atoms with Crippen LogP contribution in [0.5, 0.6) is 0 Å². The monoisotopic (exact) mass is 265 g/mol. The van der Waals surface area contributed by atoms with Gasteiger partial charge in [-0.3, -0.25) is 4.79 Å². The number of carbonyl (C=O) groups excluding carboxylic acids is 1. The van der Waals surface area contributed by atoms with Crippen LogP contribution in [-0.2, 0) is 4.74 Å². The molecular weight excluding hydrogens is 245 g/mol.